The Labute approximate surface area is 167 Å². The minimum absolute atomic E-state index is 0.0309. The smallest absolute Gasteiger partial charge is 0.276 e. The van der Waals surface area contributed by atoms with E-state index in [1.165, 1.54) is 0 Å². The second-order valence-corrected chi connectivity index (χ2v) is 7.62. The van der Waals surface area contributed by atoms with Gasteiger partial charge in [0.15, 0.2) is 0 Å². The molecule has 1 atom stereocenters. The third-order valence-electron chi connectivity index (χ3n) is 5.99. The first kappa shape index (κ1) is 20.4. The van der Waals surface area contributed by atoms with Crippen LogP contribution in [0.4, 0.5) is 0 Å². The Morgan fingerprint density at radius 2 is 1.86 bits per heavy atom. The van der Waals surface area contributed by atoms with Crippen LogP contribution in [0.1, 0.15) is 37.9 Å². The molecule has 0 radical (unpaired) electrons. The topological polar surface area (TPSA) is 50.5 Å². The Morgan fingerprint density at radius 1 is 1.18 bits per heavy atom. The molecule has 2 aromatic rings. The molecular formula is C22H32N4O2. The van der Waals surface area contributed by atoms with Crippen LogP contribution in [-0.2, 0) is 18.4 Å². The summed E-state index contributed by atoms with van der Waals surface area (Å²) >= 11 is 0. The maximum Gasteiger partial charge on any atom is 0.276 e. The highest BCUT2D eigenvalue weighted by atomic mass is 16.2. The van der Waals surface area contributed by atoms with Crippen molar-refractivity contribution in [2.75, 3.05) is 26.2 Å². The number of hydrogen-bond acceptors (Lipinski definition) is 3. The molecule has 0 saturated carbocycles. The molecule has 0 aliphatic carbocycles. The van der Waals surface area contributed by atoms with Crippen molar-refractivity contribution in [2.45, 2.75) is 40.2 Å². The molecule has 0 N–H and O–H groups in total. The number of para-hydroxylation sites is 1. The van der Waals surface area contributed by atoms with Crippen LogP contribution < -0.4 is 5.56 Å². The van der Waals surface area contributed by atoms with Gasteiger partial charge in [-0.3, -0.25) is 19.2 Å². The van der Waals surface area contributed by atoms with E-state index in [2.05, 4.69) is 4.90 Å². The zero-order valence-electron chi connectivity index (χ0n) is 17.5. The second kappa shape index (κ2) is 8.78. The van der Waals surface area contributed by atoms with Crippen molar-refractivity contribution in [1.82, 2.24) is 19.2 Å². The maximum absolute atomic E-state index is 13.1. The number of nitrogens with zero attached hydrogens (tertiary/aromatic N) is 4. The summed E-state index contributed by atoms with van der Waals surface area (Å²) in [5, 5.41) is 0. The molecule has 0 bridgehead atoms. The molecule has 6 nitrogen and oxygen atoms in total. The van der Waals surface area contributed by atoms with Gasteiger partial charge in [0.05, 0.1) is 17.2 Å². The van der Waals surface area contributed by atoms with Crippen molar-refractivity contribution >= 4 is 5.91 Å². The zero-order chi connectivity index (χ0) is 20.3. The number of piperidine rings is 1. The highest BCUT2D eigenvalue weighted by molar-refractivity contribution is 5.79. The lowest BCUT2D eigenvalue weighted by atomic mass is 9.96. The summed E-state index contributed by atoms with van der Waals surface area (Å²) < 4.78 is 3.66. The number of amides is 1. The van der Waals surface area contributed by atoms with Crippen LogP contribution in [0.15, 0.2) is 35.1 Å². The maximum atomic E-state index is 13.1. The van der Waals surface area contributed by atoms with Crippen molar-refractivity contribution in [1.29, 1.82) is 0 Å². The molecule has 2 heterocycles. The Morgan fingerprint density at radius 3 is 2.50 bits per heavy atom. The molecule has 1 fully saturated rings. The van der Waals surface area contributed by atoms with Gasteiger partial charge in [0.1, 0.15) is 0 Å². The third-order valence-corrected chi connectivity index (χ3v) is 5.99. The average molecular weight is 385 g/mol. The van der Waals surface area contributed by atoms with Gasteiger partial charge in [0, 0.05) is 38.9 Å². The minimum atomic E-state index is 0.0309. The van der Waals surface area contributed by atoms with Gasteiger partial charge < -0.3 is 4.90 Å². The highest BCUT2D eigenvalue weighted by Gasteiger charge is 2.29. The van der Waals surface area contributed by atoms with Crippen LogP contribution in [0.2, 0.25) is 0 Å². The van der Waals surface area contributed by atoms with E-state index in [9.17, 15) is 9.59 Å². The largest absolute Gasteiger partial charge is 0.343 e. The van der Waals surface area contributed by atoms with E-state index in [-0.39, 0.29) is 17.4 Å². The van der Waals surface area contributed by atoms with Gasteiger partial charge in [-0.2, -0.15) is 0 Å². The molecule has 6 heteroatoms. The summed E-state index contributed by atoms with van der Waals surface area (Å²) in [5.74, 6) is 0.287. The molecule has 1 aromatic carbocycles. The molecule has 0 spiro atoms. The summed E-state index contributed by atoms with van der Waals surface area (Å²) in [4.78, 5) is 30.1. The van der Waals surface area contributed by atoms with Crippen LogP contribution in [0.25, 0.3) is 5.69 Å². The highest BCUT2D eigenvalue weighted by Crippen LogP contribution is 2.21. The summed E-state index contributed by atoms with van der Waals surface area (Å²) in [5.41, 5.74) is 2.70. The van der Waals surface area contributed by atoms with Crippen LogP contribution in [-0.4, -0.2) is 51.2 Å². The van der Waals surface area contributed by atoms with E-state index in [0.717, 1.165) is 56.0 Å². The van der Waals surface area contributed by atoms with Gasteiger partial charge in [-0.25, -0.2) is 4.68 Å². The fraction of sp³-hybridized carbons (Fsp3) is 0.545. The van der Waals surface area contributed by atoms with Crippen LogP contribution in [0.3, 0.4) is 0 Å². The van der Waals surface area contributed by atoms with Gasteiger partial charge in [-0.1, -0.05) is 18.2 Å². The predicted molar refractivity (Wildman–Crippen MR) is 112 cm³/mol. The van der Waals surface area contributed by atoms with Gasteiger partial charge in [0.2, 0.25) is 5.91 Å². The van der Waals surface area contributed by atoms with E-state index < -0.39 is 0 Å². The van der Waals surface area contributed by atoms with Crippen molar-refractivity contribution in [2.24, 2.45) is 13.0 Å². The van der Waals surface area contributed by atoms with Crippen LogP contribution in [0.5, 0.6) is 0 Å². The minimum Gasteiger partial charge on any atom is -0.343 e. The monoisotopic (exact) mass is 384 g/mol. The van der Waals surface area contributed by atoms with Crippen molar-refractivity contribution in [3.63, 3.8) is 0 Å². The first-order valence-electron chi connectivity index (χ1n) is 10.3. The quantitative estimate of drug-likeness (QED) is 0.769. The lowest BCUT2D eigenvalue weighted by Gasteiger charge is -2.34. The van der Waals surface area contributed by atoms with Gasteiger partial charge in [-0.15, -0.1) is 0 Å². The normalized spacial score (nSPS) is 17.6. The fourth-order valence-corrected chi connectivity index (χ4v) is 4.22. The van der Waals surface area contributed by atoms with Gasteiger partial charge >= 0.3 is 0 Å². The lowest BCUT2D eigenvalue weighted by Crippen LogP contribution is -2.44. The molecule has 28 heavy (non-hydrogen) atoms. The zero-order valence-corrected chi connectivity index (χ0v) is 17.5. The van der Waals surface area contributed by atoms with Gasteiger partial charge in [0.25, 0.3) is 5.56 Å². The van der Waals surface area contributed by atoms with Crippen molar-refractivity contribution in [3.8, 4) is 5.69 Å². The number of aromatic nitrogens is 2. The van der Waals surface area contributed by atoms with E-state index in [0.29, 0.717) is 6.54 Å². The molecule has 1 aromatic heterocycles. The molecule has 152 valence electrons. The average Bonchev–Trinajstić information content (AvgIpc) is 2.93. The second-order valence-electron chi connectivity index (χ2n) is 7.62. The Hall–Kier alpha value is -2.34. The SMILES string of the molecule is CCN(CC)C(=O)C1CCCN(Cc2c(C)n(C)n(-c3ccccc3)c2=O)C1. The molecule has 1 saturated heterocycles. The molecular weight excluding hydrogens is 352 g/mol. The standard InChI is InChI=1S/C22H32N4O2/c1-5-25(6-2)21(27)18-11-10-14-24(15-18)16-20-17(3)23(4)26(22(20)28)19-12-8-7-9-13-19/h7-9,12-13,18H,5-6,10-11,14-16H2,1-4H3. The lowest BCUT2D eigenvalue weighted by molar-refractivity contribution is -0.137. The summed E-state index contributed by atoms with van der Waals surface area (Å²) in [6, 6.07) is 9.73. The predicted octanol–water partition coefficient (Wildman–Crippen LogP) is 2.56. The fourth-order valence-electron chi connectivity index (χ4n) is 4.22. The summed E-state index contributed by atoms with van der Waals surface area (Å²) in [6.07, 6.45) is 1.93. The molecule has 1 unspecified atom stereocenters. The van der Waals surface area contributed by atoms with E-state index in [1.807, 2.05) is 67.7 Å². The molecule has 1 aliphatic rings. The Kier molecular flexibility index (Phi) is 6.39. The number of carbonyl (C=O) groups is 1. The van der Waals surface area contributed by atoms with Gasteiger partial charge in [-0.05, 0) is 52.3 Å². The molecule has 1 amide bonds. The Bertz CT molecular complexity index is 865. The van der Waals surface area contributed by atoms with Crippen LogP contribution >= 0.6 is 0 Å². The van der Waals surface area contributed by atoms with Crippen molar-refractivity contribution in [3.05, 3.63) is 51.9 Å². The van der Waals surface area contributed by atoms with E-state index >= 15 is 0 Å². The van der Waals surface area contributed by atoms with Crippen molar-refractivity contribution < 1.29 is 4.79 Å². The summed E-state index contributed by atoms with van der Waals surface area (Å²) in [7, 11) is 1.93. The molecule has 1 aliphatic heterocycles. The number of rotatable bonds is 6. The number of likely N-dealkylation sites (tertiary alicyclic amines) is 1. The number of benzene rings is 1. The van der Waals surface area contributed by atoms with E-state index in [1.54, 1.807) is 4.68 Å². The first-order valence-corrected chi connectivity index (χ1v) is 10.3. The van der Waals surface area contributed by atoms with E-state index in [4.69, 9.17) is 0 Å². The third kappa shape index (κ3) is 3.92. The summed E-state index contributed by atoms with van der Waals surface area (Å²) in [6.45, 7) is 9.83. The molecule has 3 rings (SSSR count). The van der Waals surface area contributed by atoms with Crippen LogP contribution in [0, 0.1) is 12.8 Å². The number of carbonyl (C=O) groups excluding carboxylic acids is 1. The Balaban J connectivity index is 1.81. The first-order chi connectivity index (χ1) is 13.5. The number of hydrogen-bond donors (Lipinski definition) is 0.